The van der Waals surface area contributed by atoms with Gasteiger partial charge in [0.2, 0.25) is 0 Å². The molecular formula is C39H68NO10P. The summed E-state index contributed by atoms with van der Waals surface area (Å²) >= 11 is 0. The average Bonchev–Trinajstić information content (AvgIpc) is 3.10. The zero-order chi connectivity index (χ0) is 37.8. The molecule has 0 heterocycles. The first-order valence-corrected chi connectivity index (χ1v) is 20.7. The maximum atomic E-state index is 12.5. The van der Waals surface area contributed by atoms with Gasteiger partial charge in [0.05, 0.1) is 13.2 Å². The van der Waals surface area contributed by atoms with Crippen LogP contribution < -0.4 is 5.73 Å². The minimum absolute atomic E-state index is 0.123. The van der Waals surface area contributed by atoms with E-state index in [0.717, 1.165) is 57.8 Å². The number of aliphatic carboxylic acids is 1. The Morgan fingerprint density at radius 1 is 0.608 bits per heavy atom. The summed E-state index contributed by atoms with van der Waals surface area (Å²) in [6, 6.07) is -1.53. The van der Waals surface area contributed by atoms with Crippen molar-refractivity contribution in [3.8, 4) is 0 Å². The SMILES string of the molecule is CCCCC/C=C/C/C=C/C/C=C/C/C=C/CCCCCC(=O)O[C@@H](COC(=O)CCCCCCCCCC)COP(=O)(O)OC[C@H](N)C(=O)O. The van der Waals surface area contributed by atoms with Gasteiger partial charge >= 0.3 is 25.7 Å². The molecule has 0 aromatic carbocycles. The minimum Gasteiger partial charge on any atom is -0.480 e. The number of unbranched alkanes of at least 4 members (excludes halogenated alkanes) is 13. The minimum atomic E-state index is -4.72. The van der Waals surface area contributed by atoms with Crippen LogP contribution in [0.25, 0.3) is 0 Å². The van der Waals surface area contributed by atoms with Crippen LogP contribution in [0.4, 0.5) is 0 Å². The van der Waals surface area contributed by atoms with E-state index in [1.165, 1.54) is 51.4 Å². The summed E-state index contributed by atoms with van der Waals surface area (Å²) in [7, 11) is -4.72. The fourth-order valence-corrected chi connectivity index (χ4v) is 5.53. The lowest BCUT2D eigenvalue weighted by Gasteiger charge is -2.20. The first-order valence-electron chi connectivity index (χ1n) is 19.2. The smallest absolute Gasteiger partial charge is 0.472 e. The van der Waals surface area contributed by atoms with Gasteiger partial charge in [0, 0.05) is 12.8 Å². The number of carbonyl (C=O) groups is 3. The van der Waals surface area contributed by atoms with E-state index in [0.29, 0.717) is 12.8 Å². The molecule has 0 saturated carbocycles. The fraction of sp³-hybridized carbons (Fsp3) is 0.718. The third-order valence-electron chi connectivity index (χ3n) is 7.83. The Hall–Kier alpha value is -2.56. The molecule has 0 aliphatic carbocycles. The van der Waals surface area contributed by atoms with Crippen LogP contribution in [-0.4, -0.2) is 59.9 Å². The molecule has 0 aliphatic rings. The molecule has 294 valence electrons. The van der Waals surface area contributed by atoms with Crippen molar-refractivity contribution in [2.45, 2.75) is 161 Å². The summed E-state index contributed by atoms with van der Waals surface area (Å²) in [4.78, 5) is 45.6. The Balaban J connectivity index is 4.46. The number of allylic oxidation sites excluding steroid dienone is 8. The Morgan fingerprint density at radius 2 is 1.04 bits per heavy atom. The number of carbonyl (C=O) groups excluding carboxylic acids is 2. The first kappa shape index (κ1) is 48.4. The van der Waals surface area contributed by atoms with Gasteiger partial charge in [-0.05, 0) is 57.8 Å². The second-order valence-corrected chi connectivity index (χ2v) is 14.2. The molecule has 0 saturated heterocycles. The van der Waals surface area contributed by atoms with Crippen molar-refractivity contribution in [1.82, 2.24) is 0 Å². The van der Waals surface area contributed by atoms with E-state index < -0.39 is 51.1 Å². The van der Waals surface area contributed by atoms with Crippen LogP contribution in [0.15, 0.2) is 48.6 Å². The molecule has 3 atom stereocenters. The highest BCUT2D eigenvalue weighted by Crippen LogP contribution is 2.43. The van der Waals surface area contributed by atoms with E-state index in [-0.39, 0.29) is 19.4 Å². The molecule has 1 unspecified atom stereocenters. The number of hydrogen-bond acceptors (Lipinski definition) is 9. The van der Waals surface area contributed by atoms with Crippen molar-refractivity contribution in [3.63, 3.8) is 0 Å². The average molecular weight is 742 g/mol. The quantitative estimate of drug-likeness (QED) is 0.0244. The Morgan fingerprint density at radius 3 is 1.59 bits per heavy atom. The molecule has 0 aliphatic heterocycles. The number of carboxylic acids is 1. The third-order valence-corrected chi connectivity index (χ3v) is 8.78. The number of nitrogens with two attached hydrogens (primary N) is 1. The van der Waals surface area contributed by atoms with Crippen LogP contribution >= 0.6 is 7.82 Å². The number of esters is 2. The normalized spacial score (nSPS) is 14.4. The van der Waals surface area contributed by atoms with E-state index in [4.69, 9.17) is 24.8 Å². The molecule has 0 radical (unpaired) electrons. The van der Waals surface area contributed by atoms with Gasteiger partial charge in [-0.25, -0.2) is 4.57 Å². The standard InChI is InChI=1S/C39H68NO10P/c1-3-5-7-9-11-13-14-15-16-17-18-19-20-21-22-23-25-27-29-31-38(42)50-35(33-48-51(45,46)49-34-36(40)39(43)44)32-47-37(41)30-28-26-24-12-10-8-6-4-2/h11,13,15-16,18-19,21-22,35-36H,3-10,12,14,17,20,23-34,40H2,1-2H3,(H,43,44)(H,45,46)/b13-11+,16-15+,19-18+,22-21+/t35-,36-/m0/s1. The zero-order valence-electron chi connectivity index (χ0n) is 31.4. The molecule has 0 aromatic rings. The highest BCUT2D eigenvalue weighted by Gasteiger charge is 2.28. The second-order valence-electron chi connectivity index (χ2n) is 12.7. The van der Waals surface area contributed by atoms with Gasteiger partial charge in [0.15, 0.2) is 6.10 Å². The van der Waals surface area contributed by atoms with Gasteiger partial charge in [0.25, 0.3) is 0 Å². The summed E-state index contributed by atoms with van der Waals surface area (Å²) in [5.41, 5.74) is 5.31. The van der Waals surface area contributed by atoms with Gasteiger partial charge in [-0.1, -0.05) is 127 Å². The summed E-state index contributed by atoms with van der Waals surface area (Å²) in [5.74, 6) is -2.43. The van der Waals surface area contributed by atoms with Crippen LogP contribution in [0.2, 0.25) is 0 Å². The maximum Gasteiger partial charge on any atom is 0.472 e. The van der Waals surface area contributed by atoms with Crippen molar-refractivity contribution < 1.29 is 47.5 Å². The number of phosphoric acid groups is 1. The Bertz CT molecular complexity index is 1060. The number of hydrogen-bond donors (Lipinski definition) is 3. The van der Waals surface area contributed by atoms with Crippen LogP contribution in [-0.2, 0) is 37.5 Å². The van der Waals surface area contributed by atoms with Crippen molar-refractivity contribution in [2.75, 3.05) is 19.8 Å². The molecule has 51 heavy (non-hydrogen) atoms. The Kier molecular flexibility index (Phi) is 32.8. The number of carboxylic acid groups (broad SMARTS) is 1. The van der Waals surface area contributed by atoms with E-state index in [2.05, 4.69) is 67.0 Å². The molecule has 0 fully saturated rings. The van der Waals surface area contributed by atoms with E-state index in [1.54, 1.807) is 0 Å². The molecule has 0 rings (SSSR count). The topological polar surface area (TPSA) is 172 Å². The molecule has 0 spiro atoms. The van der Waals surface area contributed by atoms with Gasteiger partial charge in [-0.2, -0.15) is 0 Å². The highest BCUT2D eigenvalue weighted by molar-refractivity contribution is 7.47. The zero-order valence-corrected chi connectivity index (χ0v) is 32.3. The lowest BCUT2D eigenvalue weighted by atomic mass is 10.1. The second kappa shape index (κ2) is 34.5. The molecule has 12 heteroatoms. The summed E-state index contributed by atoms with van der Waals surface area (Å²) in [6.45, 7) is 2.67. The van der Waals surface area contributed by atoms with Crippen molar-refractivity contribution in [2.24, 2.45) is 5.73 Å². The highest BCUT2D eigenvalue weighted by atomic mass is 31.2. The van der Waals surface area contributed by atoms with Gasteiger partial charge in [-0.3, -0.25) is 23.4 Å². The predicted octanol–water partition coefficient (Wildman–Crippen LogP) is 9.44. The Labute approximate surface area is 307 Å². The van der Waals surface area contributed by atoms with Gasteiger partial charge in [0.1, 0.15) is 12.6 Å². The van der Waals surface area contributed by atoms with Crippen molar-refractivity contribution >= 4 is 25.7 Å². The molecule has 0 aromatic heterocycles. The van der Waals surface area contributed by atoms with Gasteiger partial charge < -0.3 is 25.2 Å². The summed E-state index contributed by atoms with van der Waals surface area (Å²) < 4.78 is 32.4. The van der Waals surface area contributed by atoms with Crippen LogP contribution in [0.3, 0.4) is 0 Å². The molecule has 0 amide bonds. The summed E-state index contributed by atoms with van der Waals surface area (Å²) in [5, 5.41) is 8.85. The lowest BCUT2D eigenvalue weighted by molar-refractivity contribution is -0.161. The summed E-state index contributed by atoms with van der Waals surface area (Å²) in [6.07, 6.45) is 36.3. The van der Waals surface area contributed by atoms with Crippen LogP contribution in [0, 0.1) is 0 Å². The predicted molar refractivity (Wildman–Crippen MR) is 203 cm³/mol. The number of ether oxygens (including phenoxy) is 2. The van der Waals surface area contributed by atoms with Gasteiger partial charge in [-0.15, -0.1) is 0 Å². The third kappa shape index (κ3) is 34.3. The fourth-order valence-electron chi connectivity index (χ4n) is 4.75. The number of rotatable bonds is 35. The van der Waals surface area contributed by atoms with Crippen molar-refractivity contribution in [1.29, 1.82) is 0 Å². The van der Waals surface area contributed by atoms with E-state index in [1.807, 2.05) is 0 Å². The molecule has 11 nitrogen and oxygen atoms in total. The number of phosphoric ester groups is 1. The molecule has 4 N–H and O–H groups in total. The van der Waals surface area contributed by atoms with Crippen LogP contribution in [0.5, 0.6) is 0 Å². The maximum absolute atomic E-state index is 12.5. The van der Waals surface area contributed by atoms with Crippen LogP contribution in [0.1, 0.15) is 149 Å². The molecule has 0 bridgehead atoms. The molecular weight excluding hydrogens is 673 g/mol. The van der Waals surface area contributed by atoms with Crippen molar-refractivity contribution in [3.05, 3.63) is 48.6 Å². The van der Waals surface area contributed by atoms with E-state index in [9.17, 15) is 23.8 Å². The lowest BCUT2D eigenvalue weighted by Crippen LogP contribution is -2.34. The first-order chi connectivity index (χ1) is 24.6. The largest absolute Gasteiger partial charge is 0.480 e. The monoisotopic (exact) mass is 741 g/mol. The van der Waals surface area contributed by atoms with E-state index >= 15 is 0 Å².